The van der Waals surface area contributed by atoms with E-state index in [4.69, 9.17) is 4.74 Å². The number of hydrogen-bond donors (Lipinski definition) is 1. The van der Waals surface area contributed by atoms with Gasteiger partial charge in [0.2, 0.25) is 5.91 Å². The molecule has 0 saturated carbocycles. The summed E-state index contributed by atoms with van der Waals surface area (Å²) in [7, 11) is 1.97. The van der Waals surface area contributed by atoms with Crippen molar-refractivity contribution in [1.29, 1.82) is 0 Å². The largest absolute Gasteiger partial charge is 0.490 e. The standard InChI is InChI=1S/C20H19N3O4/c1-22-10-11-27-17-7-6-13(12-16(17)22)21-18(24)8-9-23-19(25)14-4-2-3-5-15(14)20(23)26/h2-7,12H,8-11H2,1H3,(H,21,24). The molecule has 0 radical (unpaired) electrons. The third kappa shape index (κ3) is 3.12. The Kier molecular flexibility index (Phi) is 4.27. The van der Waals surface area contributed by atoms with Gasteiger partial charge in [0.15, 0.2) is 0 Å². The minimum Gasteiger partial charge on any atom is -0.490 e. The van der Waals surface area contributed by atoms with Crippen LogP contribution in [0.3, 0.4) is 0 Å². The van der Waals surface area contributed by atoms with Gasteiger partial charge in [0.05, 0.1) is 23.4 Å². The maximum Gasteiger partial charge on any atom is 0.261 e. The molecule has 0 unspecified atom stereocenters. The zero-order valence-corrected chi connectivity index (χ0v) is 14.9. The van der Waals surface area contributed by atoms with Crippen LogP contribution in [0.2, 0.25) is 0 Å². The van der Waals surface area contributed by atoms with E-state index < -0.39 is 0 Å². The quantitative estimate of drug-likeness (QED) is 0.840. The van der Waals surface area contributed by atoms with Crippen molar-refractivity contribution in [2.45, 2.75) is 6.42 Å². The second kappa shape index (κ2) is 6.75. The monoisotopic (exact) mass is 365 g/mol. The van der Waals surface area contributed by atoms with Gasteiger partial charge in [-0.3, -0.25) is 19.3 Å². The van der Waals surface area contributed by atoms with Crippen LogP contribution in [-0.2, 0) is 4.79 Å². The average molecular weight is 365 g/mol. The molecule has 0 spiro atoms. The number of carbonyl (C=O) groups excluding carboxylic acids is 3. The van der Waals surface area contributed by atoms with Crippen molar-refractivity contribution in [3.8, 4) is 5.75 Å². The summed E-state index contributed by atoms with van der Waals surface area (Å²) in [5.41, 5.74) is 2.35. The summed E-state index contributed by atoms with van der Waals surface area (Å²) in [6.07, 6.45) is 0.0366. The van der Waals surface area contributed by atoms with Crippen LogP contribution >= 0.6 is 0 Å². The van der Waals surface area contributed by atoms with E-state index in [9.17, 15) is 14.4 Å². The van der Waals surface area contributed by atoms with Crippen molar-refractivity contribution in [2.24, 2.45) is 0 Å². The summed E-state index contributed by atoms with van der Waals surface area (Å²) in [5, 5.41) is 2.82. The number of amides is 3. The first-order valence-electron chi connectivity index (χ1n) is 8.77. The van der Waals surface area contributed by atoms with E-state index in [1.807, 2.05) is 19.2 Å². The highest BCUT2D eigenvalue weighted by atomic mass is 16.5. The van der Waals surface area contributed by atoms with Gasteiger partial charge in [-0.15, -0.1) is 0 Å². The summed E-state index contributed by atoms with van der Waals surface area (Å²) >= 11 is 0. The molecular weight excluding hydrogens is 346 g/mol. The molecule has 2 aromatic rings. The van der Waals surface area contributed by atoms with Gasteiger partial charge in [-0.05, 0) is 30.3 Å². The summed E-state index contributed by atoms with van der Waals surface area (Å²) in [6.45, 7) is 1.46. The second-order valence-electron chi connectivity index (χ2n) is 6.56. The molecule has 27 heavy (non-hydrogen) atoms. The molecule has 0 aromatic heterocycles. The van der Waals surface area contributed by atoms with Crippen molar-refractivity contribution in [3.63, 3.8) is 0 Å². The molecule has 7 nitrogen and oxygen atoms in total. The maximum absolute atomic E-state index is 12.3. The lowest BCUT2D eigenvalue weighted by molar-refractivity contribution is -0.116. The zero-order chi connectivity index (χ0) is 19.0. The van der Waals surface area contributed by atoms with E-state index >= 15 is 0 Å². The van der Waals surface area contributed by atoms with Gasteiger partial charge in [-0.25, -0.2) is 0 Å². The fraction of sp³-hybridized carbons (Fsp3) is 0.250. The van der Waals surface area contributed by atoms with Crippen molar-refractivity contribution < 1.29 is 19.1 Å². The average Bonchev–Trinajstić information content (AvgIpc) is 2.92. The molecule has 7 heteroatoms. The number of hydrogen-bond acceptors (Lipinski definition) is 5. The molecule has 0 saturated heterocycles. The first-order valence-corrected chi connectivity index (χ1v) is 8.77. The van der Waals surface area contributed by atoms with E-state index in [1.165, 1.54) is 0 Å². The van der Waals surface area contributed by atoms with Crippen LogP contribution in [0.1, 0.15) is 27.1 Å². The van der Waals surface area contributed by atoms with Crippen LogP contribution in [0, 0.1) is 0 Å². The molecule has 1 N–H and O–H groups in total. The van der Waals surface area contributed by atoms with Gasteiger partial charge in [-0.2, -0.15) is 0 Å². The predicted molar refractivity (Wildman–Crippen MR) is 100 cm³/mol. The molecule has 0 bridgehead atoms. The Morgan fingerprint density at radius 2 is 1.81 bits per heavy atom. The molecule has 0 atom stereocenters. The molecule has 0 fully saturated rings. The minimum absolute atomic E-state index is 0.0366. The summed E-state index contributed by atoms with van der Waals surface area (Å²) < 4.78 is 5.59. The van der Waals surface area contributed by atoms with Crippen LogP contribution in [0.15, 0.2) is 42.5 Å². The molecule has 2 aliphatic rings. The number of nitrogens with one attached hydrogen (secondary N) is 1. The molecule has 2 aliphatic heterocycles. The Hall–Kier alpha value is -3.35. The molecule has 4 rings (SSSR count). The van der Waals surface area contributed by atoms with E-state index in [0.29, 0.717) is 23.4 Å². The number of nitrogens with zero attached hydrogens (tertiary/aromatic N) is 2. The Morgan fingerprint density at radius 1 is 1.11 bits per heavy atom. The highest BCUT2D eigenvalue weighted by molar-refractivity contribution is 6.21. The van der Waals surface area contributed by atoms with Gasteiger partial charge in [-0.1, -0.05) is 12.1 Å². The highest BCUT2D eigenvalue weighted by Gasteiger charge is 2.34. The molecule has 0 aliphatic carbocycles. The van der Waals surface area contributed by atoms with Crippen molar-refractivity contribution in [2.75, 3.05) is 37.0 Å². The lowest BCUT2D eigenvalue weighted by atomic mass is 10.1. The van der Waals surface area contributed by atoms with E-state index in [0.717, 1.165) is 22.9 Å². The van der Waals surface area contributed by atoms with Crippen LogP contribution in [-0.4, -0.2) is 49.4 Å². The number of ether oxygens (including phenoxy) is 1. The van der Waals surface area contributed by atoms with Gasteiger partial charge in [0, 0.05) is 25.7 Å². The lowest BCUT2D eigenvalue weighted by Gasteiger charge is -2.28. The number of benzene rings is 2. The summed E-state index contributed by atoms with van der Waals surface area (Å²) in [5.74, 6) is -0.175. The fourth-order valence-corrected chi connectivity index (χ4v) is 3.31. The van der Waals surface area contributed by atoms with E-state index in [-0.39, 0.29) is 30.7 Å². The lowest BCUT2D eigenvalue weighted by Crippen LogP contribution is -2.33. The highest BCUT2D eigenvalue weighted by Crippen LogP contribution is 2.33. The van der Waals surface area contributed by atoms with Gasteiger partial charge in [0.1, 0.15) is 12.4 Å². The minimum atomic E-state index is -0.351. The number of anilines is 2. The topological polar surface area (TPSA) is 79.0 Å². The number of carbonyl (C=O) groups is 3. The van der Waals surface area contributed by atoms with Crippen LogP contribution in [0.25, 0.3) is 0 Å². The Labute approximate surface area is 156 Å². The van der Waals surface area contributed by atoms with Gasteiger partial charge < -0.3 is 15.0 Å². The smallest absolute Gasteiger partial charge is 0.261 e. The first-order chi connectivity index (χ1) is 13.0. The number of imide groups is 1. The van der Waals surface area contributed by atoms with E-state index in [1.54, 1.807) is 30.3 Å². The first kappa shape index (κ1) is 17.1. The Bertz CT molecular complexity index is 906. The molecule has 2 aromatic carbocycles. The fourth-order valence-electron chi connectivity index (χ4n) is 3.31. The zero-order valence-electron chi connectivity index (χ0n) is 14.9. The third-order valence-corrected chi connectivity index (χ3v) is 4.78. The van der Waals surface area contributed by atoms with Gasteiger partial charge in [0.25, 0.3) is 11.8 Å². The van der Waals surface area contributed by atoms with E-state index in [2.05, 4.69) is 10.2 Å². The maximum atomic E-state index is 12.3. The molecule has 3 amide bonds. The number of fused-ring (bicyclic) bond motifs is 2. The molecule has 2 heterocycles. The van der Waals surface area contributed by atoms with Crippen LogP contribution in [0.5, 0.6) is 5.75 Å². The summed E-state index contributed by atoms with van der Waals surface area (Å²) in [6, 6.07) is 12.1. The Balaban J connectivity index is 1.39. The van der Waals surface area contributed by atoms with Crippen LogP contribution in [0.4, 0.5) is 11.4 Å². The molecule has 138 valence electrons. The van der Waals surface area contributed by atoms with Crippen LogP contribution < -0.4 is 15.0 Å². The number of likely N-dealkylation sites (N-methyl/N-ethyl adjacent to an activating group) is 1. The SMILES string of the molecule is CN1CCOc2ccc(NC(=O)CCN3C(=O)c4ccccc4C3=O)cc21. The van der Waals surface area contributed by atoms with Crippen molar-refractivity contribution in [1.82, 2.24) is 4.90 Å². The predicted octanol–water partition coefficient (Wildman–Crippen LogP) is 2.14. The second-order valence-corrected chi connectivity index (χ2v) is 6.56. The third-order valence-electron chi connectivity index (χ3n) is 4.78. The Morgan fingerprint density at radius 3 is 2.52 bits per heavy atom. The van der Waals surface area contributed by atoms with Crippen molar-refractivity contribution >= 4 is 29.1 Å². The number of rotatable bonds is 4. The summed E-state index contributed by atoms with van der Waals surface area (Å²) in [4.78, 5) is 40.1. The molecular formula is C20H19N3O4. The normalized spacial score (nSPS) is 15.3. The van der Waals surface area contributed by atoms with Gasteiger partial charge >= 0.3 is 0 Å². The van der Waals surface area contributed by atoms with Crippen molar-refractivity contribution in [3.05, 3.63) is 53.6 Å².